The molecule has 0 aromatic heterocycles. The summed E-state index contributed by atoms with van der Waals surface area (Å²) < 4.78 is 0. The average Bonchev–Trinajstić information content (AvgIpc) is 2.02. The van der Waals surface area contributed by atoms with Gasteiger partial charge >= 0.3 is 5.97 Å². The molecular weight excluding hydrogens is 152 g/mol. The molecule has 0 amide bonds. The quantitative estimate of drug-likeness (QED) is 0.401. The summed E-state index contributed by atoms with van der Waals surface area (Å²) in [5.74, 6) is -0.935. The van der Waals surface area contributed by atoms with Gasteiger partial charge in [0.2, 0.25) is 0 Å². The van der Waals surface area contributed by atoms with E-state index in [1.165, 1.54) is 26.2 Å². The van der Waals surface area contributed by atoms with Crippen LogP contribution in [0, 0.1) is 6.92 Å². The Labute approximate surface area is 75.3 Å². The smallest absolute Gasteiger partial charge is 0.330 e. The molecule has 2 nitrogen and oxygen atoms in total. The zero-order chi connectivity index (χ0) is 9.98. The van der Waals surface area contributed by atoms with E-state index in [1.807, 2.05) is 0 Å². The topological polar surface area (TPSA) is 37.3 Å². The highest BCUT2D eigenvalue weighted by Crippen LogP contribution is 1.95. The van der Waals surface area contributed by atoms with Crippen LogP contribution in [0.1, 0.15) is 39.5 Å². The molecule has 12 heavy (non-hydrogen) atoms. The number of carboxylic acid groups (broad SMARTS) is 1. The van der Waals surface area contributed by atoms with Gasteiger partial charge in [0.05, 0.1) is 0 Å². The van der Waals surface area contributed by atoms with Crippen LogP contribution in [0.25, 0.3) is 0 Å². The van der Waals surface area contributed by atoms with Crippen LogP contribution < -0.4 is 0 Å². The maximum absolute atomic E-state index is 9.60. The van der Waals surface area contributed by atoms with Gasteiger partial charge in [0.15, 0.2) is 0 Å². The summed E-state index contributed by atoms with van der Waals surface area (Å²) in [5.41, 5.74) is 0.176. The predicted octanol–water partition coefficient (Wildman–Crippen LogP) is 3.05. The summed E-state index contributed by atoms with van der Waals surface area (Å²) in [7, 11) is 0. The normalized spacial score (nSPS) is 8.25. The van der Waals surface area contributed by atoms with Crippen molar-refractivity contribution in [1.29, 1.82) is 0 Å². The molecule has 0 rings (SSSR count). The van der Waals surface area contributed by atoms with Crippen molar-refractivity contribution >= 4 is 5.97 Å². The van der Waals surface area contributed by atoms with Crippen molar-refractivity contribution < 1.29 is 9.90 Å². The molecular formula is C10H19O2-. The average molecular weight is 171 g/mol. The van der Waals surface area contributed by atoms with Crippen LogP contribution in [0.15, 0.2) is 12.2 Å². The Morgan fingerprint density at radius 3 is 2.00 bits per heavy atom. The lowest BCUT2D eigenvalue weighted by Gasteiger charge is -1.91. The van der Waals surface area contributed by atoms with Crippen molar-refractivity contribution in [3.8, 4) is 0 Å². The largest absolute Gasteiger partial charge is 0.478 e. The first-order valence-electron chi connectivity index (χ1n) is 4.24. The molecule has 0 unspecified atom stereocenters. The van der Waals surface area contributed by atoms with Crippen molar-refractivity contribution in [2.45, 2.75) is 39.5 Å². The first-order valence-corrected chi connectivity index (χ1v) is 4.24. The number of hydrogen-bond donors (Lipinski definition) is 1. The molecule has 1 N–H and O–H groups in total. The molecule has 0 spiro atoms. The van der Waals surface area contributed by atoms with Gasteiger partial charge in [-0.25, -0.2) is 4.79 Å². The maximum atomic E-state index is 9.60. The second-order valence-electron chi connectivity index (χ2n) is 2.65. The minimum Gasteiger partial charge on any atom is -0.478 e. The molecule has 0 atom stereocenters. The Bertz CT molecular complexity index is 112. The third-order valence-corrected chi connectivity index (χ3v) is 1.22. The van der Waals surface area contributed by atoms with Crippen LogP contribution in [-0.4, -0.2) is 11.1 Å². The molecule has 0 fully saturated rings. The Morgan fingerprint density at radius 1 is 1.50 bits per heavy atom. The molecule has 0 saturated carbocycles. The summed E-state index contributed by atoms with van der Waals surface area (Å²) in [5, 5.41) is 7.89. The minimum absolute atomic E-state index is 0.176. The molecule has 0 aliphatic carbocycles. The van der Waals surface area contributed by atoms with Gasteiger partial charge < -0.3 is 12.0 Å². The molecule has 0 aliphatic heterocycles. The van der Waals surface area contributed by atoms with Gasteiger partial charge in [-0.15, -0.1) is 0 Å². The van der Waals surface area contributed by atoms with E-state index in [-0.39, 0.29) is 5.57 Å². The predicted molar refractivity (Wildman–Crippen MR) is 51.9 cm³/mol. The second-order valence-corrected chi connectivity index (χ2v) is 2.65. The van der Waals surface area contributed by atoms with E-state index in [9.17, 15) is 4.79 Å². The Balaban J connectivity index is 0. The Morgan fingerprint density at radius 2 is 1.92 bits per heavy atom. The van der Waals surface area contributed by atoms with Crippen LogP contribution >= 0.6 is 0 Å². The summed E-state index contributed by atoms with van der Waals surface area (Å²) in [6, 6.07) is 0. The summed E-state index contributed by atoms with van der Waals surface area (Å²) in [6.07, 6.45) is 5.07. The van der Waals surface area contributed by atoms with Gasteiger partial charge in [0, 0.05) is 5.57 Å². The van der Waals surface area contributed by atoms with Crippen LogP contribution in [0.3, 0.4) is 0 Å². The fourth-order valence-corrected chi connectivity index (χ4v) is 0.427. The first-order chi connectivity index (χ1) is 5.56. The number of aliphatic carboxylic acids is 1. The van der Waals surface area contributed by atoms with Crippen LogP contribution in [0.4, 0.5) is 0 Å². The van der Waals surface area contributed by atoms with Crippen molar-refractivity contribution in [2.24, 2.45) is 0 Å². The van der Waals surface area contributed by atoms with E-state index in [1.54, 1.807) is 0 Å². The summed E-state index contributed by atoms with van der Waals surface area (Å²) >= 11 is 0. The highest BCUT2D eigenvalue weighted by Gasteiger charge is 1.90. The van der Waals surface area contributed by atoms with Crippen molar-refractivity contribution in [1.82, 2.24) is 0 Å². The number of rotatable bonds is 4. The zero-order valence-electron chi connectivity index (χ0n) is 8.10. The number of carboxylic acids is 1. The van der Waals surface area contributed by atoms with Crippen molar-refractivity contribution in [3.05, 3.63) is 19.1 Å². The standard InChI is InChI=1S/C6H13.C4H6O2/c1-3-5-6-4-2;1-3(2)4(5)6/h1,3-6H2,2H3;1H2,2H3,(H,5,6)/q-1;. The third-order valence-electron chi connectivity index (χ3n) is 1.22. The molecule has 0 aliphatic rings. The molecule has 0 radical (unpaired) electrons. The SMILES string of the molecule is C=C(C)C(=O)O.[CH2-]CCCCC. The third kappa shape index (κ3) is 16.1. The van der Waals surface area contributed by atoms with E-state index in [0.29, 0.717) is 0 Å². The summed E-state index contributed by atoms with van der Waals surface area (Å²) in [4.78, 5) is 9.60. The van der Waals surface area contributed by atoms with E-state index in [2.05, 4.69) is 20.4 Å². The first kappa shape index (κ1) is 13.8. The van der Waals surface area contributed by atoms with E-state index in [0.717, 1.165) is 6.42 Å². The van der Waals surface area contributed by atoms with Gasteiger partial charge in [-0.2, -0.15) is 6.42 Å². The van der Waals surface area contributed by atoms with E-state index in [4.69, 9.17) is 5.11 Å². The lowest BCUT2D eigenvalue weighted by molar-refractivity contribution is -0.132. The van der Waals surface area contributed by atoms with Gasteiger partial charge in [0.25, 0.3) is 0 Å². The minimum atomic E-state index is -0.935. The highest BCUT2D eigenvalue weighted by molar-refractivity contribution is 5.84. The summed E-state index contributed by atoms with van der Waals surface area (Å²) in [6.45, 7) is 10.5. The zero-order valence-corrected chi connectivity index (χ0v) is 8.10. The molecule has 0 heterocycles. The van der Waals surface area contributed by atoms with E-state index < -0.39 is 5.97 Å². The van der Waals surface area contributed by atoms with Crippen LogP contribution in [0.5, 0.6) is 0 Å². The number of carbonyl (C=O) groups is 1. The molecule has 72 valence electrons. The lowest BCUT2D eigenvalue weighted by Crippen LogP contribution is -1.92. The Kier molecular flexibility index (Phi) is 11.7. The Hall–Kier alpha value is -0.790. The van der Waals surface area contributed by atoms with Crippen molar-refractivity contribution in [3.63, 3.8) is 0 Å². The highest BCUT2D eigenvalue weighted by atomic mass is 16.4. The van der Waals surface area contributed by atoms with Gasteiger partial charge in [0.1, 0.15) is 0 Å². The molecule has 0 saturated heterocycles. The molecule has 0 aromatic rings. The molecule has 0 aromatic carbocycles. The monoisotopic (exact) mass is 171 g/mol. The maximum Gasteiger partial charge on any atom is 0.330 e. The lowest BCUT2D eigenvalue weighted by atomic mass is 10.2. The number of hydrogen-bond acceptors (Lipinski definition) is 1. The van der Waals surface area contributed by atoms with Gasteiger partial charge in [-0.3, -0.25) is 0 Å². The fraction of sp³-hybridized carbons (Fsp3) is 0.600. The van der Waals surface area contributed by atoms with Crippen LogP contribution in [0.2, 0.25) is 0 Å². The van der Waals surface area contributed by atoms with Gasteiger partial charge in [-0.05, 0) is 6.92 Å². The van der Waals surface area contributed by atoms with E-state index >= 15 is 0 Å². The second kappa shape index (κ2) is 10.2. The molecule has 0 bridgehead atoms. The fourth-order valence-electron chi connectivity index (χ4n) is 0.427. The van der Waals surface area contributed by atoms with Crippen molar-refractivity contribution in [2.75, 3.05) is 0 Å². The molecule has 2 heteroatoms. The number of unbranched alkanes of at least 4 members (excludes halogenated alkanes) is 3. The van der Waals surface area contributed by atoms with Crippen LogP contribution in [-0.2, 0) is 4.79 Å². The van der Waals surface area contributed by atoms with Gasteiger partial charge in [-0.1, -0.05) is 32.8 Å².